The number of aromatic nitrogens is 3. The molecule has 26 heavy (non-hydrogen) atoms. The third-order valence-corrected chi connectivity index (χ3v) is 4.93. The van der Waals surface area contributed by atoms with Gasteiger partial charge in [0.1, 0.15) is 17.3 Å². The zero-order valence-corrected chi connectivity index (χ0v) is 15.5. The number of nitrogens with zero attached hydrogens (tertiary/aromatic N) is 3. The summed E-state index contributed by atoms with van der Waals surface area (Å²) in [6, 6.07) is 11.8. The number of nitrogens with one attached hydrogen (secondary N) is 1. The summed E-state index contributed by atoms with van der Waals surface area (Å²) in [5.41, 5.74) is 1.10. The summed E-state index contributed by atoms with van der Waals surface area (Å²) in [4.78, 5) is 0. The second-order valence-electron chi connectivity index (χ2n) is 6.59. The normalized spacial score (nSPS) is 19.2. The van der Waals surface area contributed by atoms with Crippen molar-refractivity contribution in [3.63, 3.8) is 0 Å². The third kappa shape index (κ3) is 3.48. The molecule has 134 valence electrons. The van der Waals surface area contributed by atoms with Gasteiger partial charge in [-0.2, -0.15) is 14.9 Å². The fourth-order valence-corrected chi connectivity index (χ4v) is 3.15. The molecule has 0 spiro atoms. The van der Waals surface area contributed by atoms with Gasteiger partial charge in [0.2, 0.25) is 4.77 Å². The molecule has 1 aliphatic rings. The van der Waals surface area contributed by atoms with Gasteiger partial charge in [0.15, 0.2) is 5.82 Å². The third-order valence-electron chi connectivity index (χ3n) is 4.66. The molecule has 1 saturated carbocycles. The predicted molar refractivity (Wildman–Crippen MR) is 101 cm³/mol. The highest BCUT2D eigenvalue weighted by atomic mass is 32.1. The van der Waals surface area contributed by atoms with Crippen LogP contribution in [0.15, 0.2) is 45.9 Å². The molecule has 1 aromatic carbocycles. The predicted octanol–water partition coefficient (Wildman–Crippen LogP) is 4.14. The van der Waals surface area contributed by atoms with Crippen LogP contribution in [0, 0.1) is 10.7 Å². The molecule has 6 nitrogen and oxygen atoms in total. The van der Waals surface area contributed by atoms with Gasteiger partial charge in [-0.15, -0.1) is 0 Å². The van der Waals surface area contributed by atoms with Crippen LogP contribution in [-0.4, -0.2) is 28.2 Å². The number of ether oxygens (including phenoxy) is 1. The van der Waals surface area contributed by atoms with E-state index in [0.29, 0.717) is 23.0 Å². The topological polar surface area (TPSA) is 68.3 Å². The number of methoxy groups -OCH3 is 1. The van der Waals surface area contributed by atoms with Gasteiger partial charge < -0.3 is 9.15 Å². The molecule has 0 radical (unpaired) electrons. The van der Waals surface area contributed by atoms with E-state index in [4.69, 9.17) is 21.4 Å². The van der Waals surface area contributed by atoms with Crippen molar-refractivity contribution in [2.24, 2.45) is 11.0 Å². The number of aromatic amines is 1. The van der Waals surface area contributed by atoms with Crippen LogP contribution in [0.25, 0.3) is 0 Å². The van der Waals surface area contributed by atoms with E-state index in [0.717, 1.165) is 28.7 Å². The highest BCUT2D eigenvalue weighted by Gasteiger charge is 2.36. The molecule has 1 N–H and O–H groups in total. The quantitative estimate of drug-likeness (QED) is 0.524. The molecular weight excluding hydrogens is 348 g/mol. The molecule has 0 saturated heterocycles. The highest BCUT2D eigenvalue weighted by molar-refractivity contribution is 7.71. The number of furan rings is 1. The molecule has 0 amide bonds. The summed E-state index contributed by atoms with van der Waals surface area (Å²) in [6.07, 6.45) is 3.49. The van der Waals surface area contributed by atoms with Gasteiger partial charge in [-0.3, -0.25) is 5.10 Å². The minimum atomic E-state index is 0.451. The highest BCUT2D eigenvalue weighted by Crippen LogP contribution is 2.47. The molecule has 2 atom stereocenters. The zero-order chi connectivity index (χ0) is 18.1. The lowest BCUT2D eigenvalue weighted by Gasteiger charge is -2.03. The van der Waals surface area contributed by atoms with Crippen LogP contribution >= 0.6 is 12.2 Å². The number of benzene rings is 1. The van der Waals surface area contributed by atoms with Gasteiger partial charge in [-0.05, 0) is 54.4 Å². The molecule has 3 aromatic rings. The molecule has 0 unspecified atom stereocenters. The van der Waals surface area contributed by atoms with Gasteiger partial charge in [0, 0.05) is 12.3 Å². The van der Waals surface area contributed by atoms with Gasteiger partial charge >= 0.3 is 0 Å². The smallest absolute Gasteiger partial charge is 0.216 e. The van der Waals surface area contributed by atoms with Crippen LogP contribution in [0.3, 0.4) is 0 Å². The number of hydrogen-bond donors (Lipinski definition) is 1. The molecule has 2 heterocycles. The first kappa shape index (κ1) is 16.8. The van der Waals surface area contributed by atoms with Gasteiger partial charge in [0.25, 0.3) is 0 Å². The second-order valence-corrected chi connectivity index (χ2v) is 6.97. The first-order valence-electron chi connectivity index (χ1n) is 8.57. The Morgan fingerprint density at radius 1 is 1.35 bits per heavy atom. The van der Waals surface area contributed by atoms with E-state index in [2.05, 4.69) is 22.2 Å². The summed E-state index contributed by atoms with van der Waals surface area (Å²) < 4.78 is 13.1. The first-order valence-corrected chi connectivity index (χ1v) is 8.98. The van der Waals surface area contributed by atoms with Gasteiger partial charge in [-0.1, -0.05) is 19.1 Å². The van der Waals surface area contributed by atoms with Crippen LogP contribution in [-0.2, 0) is 6.42 Å². The Morgan fingerprint density at radius 3 is 2.81 bits per heavy atom. The SMILES string of the molecule is COc1ccc(Cc2n[nH]c(=S)n2/N=C\c2ccc([C@H]3C[C@@H]3C)o2)cc1. The fraction of sp³-hybridized carbons (Fsp3) is 0.316. The summed E-state index contributed by atoms with van der Waals surface area (Å²) in [5.74, 6) is 4.58. The lowest BCUT2D eigenvalue weighted by Crippen LogP contribution is -2.00. The Labute approximate surface area is 156 Å². The molecule has 2 aromatic heterocycles. The minimum Gasteiger partial charge on any atom is -0.497 e. The average molecular weight is 368 g/mol. The van der Waals surface area contributed by atoms with Crippen molar-refractivity contribution >= 4 is 18.4 Å². The van der Waals surface area contributed by atoms with Crippen molar-refractivity contribution in [1.29, 1.82) is 0 Å². The van der Waals surface area contributed by atoms with Crippen molar-refractivity contribution in [3.8, 4) is 5.75 Å². The summed E-state index contributed by atoms with van der Waals surface area (Å²) in [7, 11) is 1.65. The Hall–Kier alpha value is -2.67. The molecule has 1 aliphatic carbocycles. The van der Waals surface area contributed by atoms with E-state index < -0.39 is 0 Å². The van der Waals surface area contributed by atoms with E-state index in [-0.39, 0.29) is 0 Å². The average Bonchev–Trinajstić information content (AvgIpc) is 3.04. The Bertz CT molecular complexity index is 984. The van der Waals surface area contributed by atoms with Crippen molar-refractivity contribution in [3.05, 3.63) is 64.1 Å². The Morgan fingerprint density at radius 2 is 2.12 bits per heavy atom. The maximum Gasteiger partial charge on any atom is 0.216 e. The lowest BCUT2D eigenvalue weighted by molar-refractivity contribution is 0.414. The largest absolute Gasteiger partial charge is 0.497 e. The van der Waals surface area contributed by atoms with E-state index in [9.17, 15) is 0 Å². The summed E-state index contributed by atoms with van der Waals surface area (Å²) in [6.45, 7) is 2.23. The number of H-pyrrole nitrogens is 1. The maximum absolute atomic E-state index is 5.86. The van der Waals surface area contributed by atoms with E-state index in [1.165, 1.54) is 6.42 Å². The molecule has 4 rings (SSSR count). The number of hydrogen-bond acceptors (Lipinski definition) is 5. The Kier molecular flexibility index (Phi) is 4.46. The standard InChI is InChI=1S/C19H20N4O2S/c1-12-9-16(12)17-8-7-15(25-17)11-20-23-18(21-22-19(23)26)10-13-3-5-14(24-2)6-4-13/h3-8,11-12,16H,9-10H2,1-2H3,(H,22,26)/b20-11-/t12-,16-/m0/s1. The van der Waals surface area contributed by atoms with E-state index >= 15 is 0 Å². The van der Waals surface area contributed by atoms with Gasteiger partial charge in [0.05, 0.1) is 13.3 Å². The molecular formula is C19H20N4O2S. The van der Waals surface area contributed by atoms with Crippen LogP contribution in [0.2, 0.25) is 0 Å². The van der Waals surface area contributed by atoms with Crippen molar-refractivity contribution < 1.29 is 9.15 Å². The van der Waals surface area contributed by atoms with Crippen molar-refractivity contribution in [1.82, 2.24) is 14.9 Å². The zero-order valence-electron chi connectivity index (χ0n) is 14.7. The minimum absolute atomic E-state index is 0.451. The molecule has 0 aliphatic heterocycles. The van der Waals surface area contributed by atoms with Crippen molar-refractivity contribution in [2.75, 3.05) is 7.11 Å². The maximum atomic E-state index is 5.86. The summed E-state index contributed by atoms with van der Waals surface area (Å²) >= 11 is 5.30. The lowest BCUT2D eigenvalue weighted by atomic mass is 10.1. The molecule has 7 heteroatoms. The summed E-state index contributed by atoms with van der Waals surface area (Å²) in [5, 5.41) is 11.5. The Balaban J connectivity index is 1.52. The molecule has 1 fully saturated rings. The van der Waals surface area contributed by atoms with Gasteiger partial charge in [-0.25, -0.2) is 0 Å². The van der Waals surface area contributed by atoms with Crippen LogP contribution in [0.1, 0.15) is 42.2 Å². The van der Waals surface area contributed by atoms with E-state index in [1.807, 2.05) is 36.4 Å². The fourth-order valence-electron chi connectivity index (χ4n) is 2.95. The first-order chi connectivity index (χ1) is 12.6. The van der Waals surface area contributed by atoms with Crippen LogP contribution in [0.5, 0.6) is 5.75 Å². The number of rotatable bonds is 6. The molecule has 0 bridgehead atoms. The van der Waals surface area contributed by atoms with Crippen LogP contribution in [0.4, 0.5) is 0 Å². The van der Waals surface area contributed by atoms with Crippen molar-refractivity contribution in [2.45, 2.75) is 25.7 Å². The second kappa shape index (κ2) is 6.92. The van der Waals surface area contributed by atoms with Crippen LogP contribution < -0.4 is 4.74 Å². The van der Waals surface area contributed by atoms with E-state index in [1.54, 1.807) is 18.0 Å². The monoisotopic (exact) mass is 368 g/mol.